The van der Waals surface area contributed by atoms with Crippen molar-refractivity contribution in [1.82, 2.24) is 5.32 Å². The average molecular weight is 317 g/mol. The molecule has 0 heterocycles. The Bertz CT molecular complexity index is 768. The number of likely N-dealkylation sites (N-methyl/N-ethyl adjacent to an activating group) is 1. The van der Waals surface area contributed by atoms with Gasteiger partial charge < -0.3 is 10.1 Å². The summed E-state index contributed by atoms with van der Waals surface area (Å²) in [6.07, 6.45) is 1.03. The highest BCUT2D eigenvalue weighted by molar-refractivity contribution is 5.70. The number of hydrogen-bond donors (Lipinski definition) is 1. The van der Waals surface area contributed by atoms with Crippen molar-refractivity contribution < 1.29 is 4.74 Å². The number of hydrogen-bond acceptors (Lipinski definition) is 2. The smallest absolute Gasteiger partial charge is 0.127 e. The van der Waals surface area contributed by atoms with E-state index in [1.807, 2.05) is 37.4 Å². The molecule has 122 valence electrons. The zero-order valence-corrected chi connectivity index (χ0v) is 14.0. The van der Waals surface area contributed by atoms with Crippen LogP contribution in [0.4, 0.5) is 0 Å². The van der Waals surface area contributed by atoms with Gasteiger partial charge in [-0.2, -0.15) is 0 Å². The highest BCUT2D eigenvalue weighted by atomic mass is 16.5. The van der Waals surface area contributed by atoms with Gasteiger partial charge in [0.15, 0.2) is 0 Å². The van der Waals surface area contributed by atoms with Crippen molar-refractivity contribution in [3.8, 4) is 16.9 Å². The predicted octanol–water partition coefficient (Wildman–Crippen LogP) is 4.69. The average Bonchev–Trinajstić information content (AvgIpc) is 2.66. The zero-order valence-electron chi connectivity index (χ0n) is 14.0. The minimum absolute atomic E-state index is 0.581. The largest absolute Gasteiger partial charge is 0.488 e. The molecule has 0 spiro atoms. The fraction of sp³-hybridized carbons (Fsp3) is 0.182. The molecule has 1 N–H and O–H groups in total. The van der Waals surface area contributed by atoms with Gasteiger partial charge in [-0.3, -0.25) is 0 Å². The van der Waals surface area contributed by atoms with Gasteiger partial charge >= 0.3 is 0 Å². The first kappa shape index (κ1) is 16.3. The van der Waals surface area contributed by atoms with Gasteiger partial charge in [0.25, 0.3) is 0 Å². The van der Waals surface area contributed by atoms with Crippen LogP contribution in [0.3, 0.4) is 0 Å². The van der Waals surface area contributed by atoms with Crippen molar-refractivity contribution in [2.45, 2.75) is 13.0 Å². The Labute approximate surface area is 144 Å². The lowest BCUT2D eigenvalue weighted by Crippen LogP contribution is -2.10. The number of benzene rings is 3. The van der Waals surface area contributed by atoms with E-state index < -0.39 is 0 Å². The summed E-state index contributed by atoms with van der Waals surface area (Å²) in [7, 11) is 1.98. The van der Waals surface area contributed by atoms with Crippen LogP contribution < -0.4 is 10.1 Å². The van der Waals surface area contributed by atoms with E-state index in [0.29, 0.717) is 6.61 Å². The second-order valence-electron chi connectivity index (χ2n) is 5.82. The number of para-hydroxylation sites is 1. The standard InChI is InChI=1S/C22H23NO/c1-23-15-14-18-10-7-11-20(16-18)21-12-5-6-13-22(21)24-17-19-8-3-2-4-9-19/h2-13,16,23H,14-15,17H2,1H3. The van der Waals surface area contributed by atoms with Crippen LogP contribution in [0, 0.1) is 0 Å². The maximum atomic E-state index is 6.09. The van der Waals surface area contributed by atoms with E-state index in [-0.39, 0.29) is 0 Å². The van der Waals surface area contributed by atoms with Crippen molar-refractivity contribution >= 4 is 0 Å². The molecule has 0 aliphatic rings. The normalized spacial score (nSPS) is 10.5. The highest BCUT2D eigenvalue weighted by Crippen LogP contribution is 2.31. The molecule has 0 saturated carbocycles. The van der Waals surface area contributed by atoms with Crippen molar-refractivity contribution in [3.05, 3.63) is 90.0 Å². The molecular formula is C22H23NO. The topological polar surface area (TPSA) is 21.3 Å². The molecule has 0 bridgehead atoms. The van der Waals surface area contributed by atoms with Gasteiger partial charge in [0.05, 0.1) is 0 Å². The number of rotatable bonds is 7. The minimum Gasteiger partial charge on any atom is -0.488 e. The van der Waals surface area contributed by atoms with E-state index in [1.165, 1.54) is 16.7 Å². The van der Waals surface area contributed by atoms with Crippen LogP contribution in [0.1, 0.15) is 11.1 Å². The van der Waals surface area contributed by atoms with E-state index in [0.717, 1.165) is 24.3 Å². The van der Waals surface area contributed by atoms with Gasteiger partial charge in [-0.1, -0.05) is 72.8 Å². The van der Waals surface area contributed by atoms with Gasteiger partial charge in [-0.05, 0) is 42.8 Å². The third-order valence-corrected chi connectivity index (χ3v) is 4.03. The second kappa shape index (κ2) is 8.32. The number of nitrogens with one attached hydrogen (secondary N) is 1. The molecular weight excluding hydrogens is 294 g/mol. The van der Waals surface area contributed by atoms with E-state index in [9.17, 15) is 0 Å². The lowest BCUT2D eigenvalue weighted by Gasteiger charge is -2.13. The minimum atomic E-state index is 0.581. The molecule has 0 aliphatic heterocycles. The second-order valence-corrected chi connectivity index (χ2v) is 5.82. The summed E-state index contributed by atoms with van der Waals surface area (Å²) in [5, 5.41) is 3.20. The van der Waals surface area contributed by atoms with Crippen LogP contribution in [-0.4, -0.2) is 13.6 Å². The summed E-state index contributed by atoms with van der Waals surface area (Å²) in [5.74, 6) is 0.923. The molecule has 2 nitrogen and oxygen atoms in total. The summed E-state index contributed by atoms with van der Waals surface area (Å²) in [6, 6.07) is 27.2. The van der Waals surface area contributed by atoms with Gasteiger partial charge in [0.2, 0.25) is 0 Å². The molecule has 3 aromatic rings. The van der Waals surface area contributed by atoms with Crippen molar-refractivity contribution in [2.24, 2.45) is 0 Å². The molecule has 0 aliphatic carbocycles. The summed E-state index contributed by atoms with van der Waals surface area (Å²) in [4.78, 5) is 0. The Morgan fingerprint density at radius 2 is 1.54 bits per heavy atom. The Hall–Kier alpha value is -2.58. The summed E-state index contributed by atoms with van der Waals surface area (Å²) in [6.45, 7) is 1.56. The van der Waals surface area contributed by atoms with Crippen molar-refractivity contribution in [2.75, 3.05) is 13.6 Å². The maximum absolute atomic E-state index is 6.09. The Morgan fingerprint density at radius 1 is 0.792 bits per heavy atom. The molecule has 0 amide bonds. The predicted molar refractivity (Wildman–Crippen MR) is 100 cm³/mol. The van der Waals surface area contributed by atoms with Gasteiger partial charge in [0, 0.05) is 5.56 Å². The zero-order chi connectivity index (χ0) is 16.6. The first-order valence-electron chi connectivity index (χ1n) is 8.36. The summed E-state index contributed by atoms with van der Waals surface area (Å²) >= 11 is 0. The molecule has 0 aromatic heterocycles. The fourth-order valence-corrected chi connectivity index (χ4v) is 2.73. The van der Waals surface area contributed by atoms with E-state index >= 15 is 0 Å². The third-order valence-electron chi connectivity index (χ3n) is 4.03. The van der Waals surface area contributed by atoms with Crippen molar-refractivity contribution in [3.63, 3.8) is 0 Å². The Balaban J connectivity index is 1.81. The fourth-order valence-electron chi connectivity index (χ4n) is 2.73. The first-order valence-corrected chi connectivity index (χ1v) is 8.36. The summed E-state index contributed by atoms with van der Waals surface area (Å²) < 4.78 is 6.09. The van der Waals surface area contributed by atoms with Gasteiger partial charge in [-0.25, -0.2) is 0 Å². The van der Waals surface area contributed by atoms with Crippen LogP contribution in [0.25, 0.3) is 11.1 Å². The van der Waals surface area contributed by atoms with Gasteiger partial charge in [0.1, 0.15) is 12.4 Å². The lowest BCUT2D eigenvalue weighted by molar-refractivity contribution is 0.307. The first-order chi connectivity index (χ1) is 11.9. The lowest BCUT2D eigenvalue weighted by atomic mass is 10.0. The molecule has 0 fully saturated rings. The van der Waals surface area contributed by atoms with Gasteiger partial charge in [-0.15, -0.1) is 0 Å². The molecule has 3 aromatic carbocycles. The third kappa shape index (κ3) is 4.24. The van der Waals surface area contributed by atoms with E-state index in [4.69, 9.17) is 4.74 Å². The Kier molecular flexibility index (Phi) is 5.65. The molecule has 0 radical (unpaired) electrons. The number of ether oxygens (including phenoxy) is 1. The van der Waals surface area contributed by atoms with Crippen LogP contribution >= 0.6 is 0 Å². The molecule has 2 heteroatoms. The quantitative estimate of drug-likeness (QED) is 0.682. The molecule has 0 saturated heterocycles. The highest BCUT2D eigenvalue weighted by Gasteiger charge is 2.07. The molecule has 3 rings (SSSR count). The molecule has 24 heavy (non-hydrogen) atoms. The van der Waals surface area contributed by atoms with Crippen LogP contribution in [0.2, 0.25) is 0 Å². The molecule has 0 unspecified atom stereocenters. The van der Waals surface area contributed by atoms with Crippen molar-refractivity contribution in [1.29, 1.82) is 0 Å². The van der Waals surface area contributed by atoms with Crippen LogP contribution in [0.15, 0.2) is 78.9 Å². The summed E-state index contributed by atoms with van der Waals surface area (Å²) in [5.41, 5.74) is 4.85. The van der Waals surface area contributed by atoms with Crippen LogP contribution in [-0.2, 0) is 13.0 Å². The SMILES string of the molecule is CNCCc1cccc(-c2ccccc2OCc2ccccc2)c1. The Morgan fingerprint density at radius 3 is 2.38 bits per heavy atom. The monoisotopic (exact) mass is 317 g/mol. The maximum Gasteiger partial charge on any atom is 0.127 e. The molecule has 0 atom stereocenters. The van der Waals surface area contributed by atoms with E-state index in [1.54, 1.807) is 0 Å². The van der Waals surface area contributed by atoms with E-state index in [2.05, 4.69) is 53.8 Å². The van der Waals surface area contributed by atoms with Crippen LogP contribution in [0.5, 0.6) is 5.75 Å².